The van der Waals surface area contributed by atoms with Crippen molar-refractivity contribution in [2.24, 2.45) is 11.3 Å². The van der Waals surface area contributed by atoms with Crippen LogP contribution in [0, 0.1) is 11.3 Å². The molecule has 0 aromatic rings. The molecule has 0 unspecified atom stereocenters. The third-order valence-electron chi connectivity index (χ3n) is 2.67. The topological polar surface area (TPSA) is 32.3 Å². The van der Waals surface area contributed by atoms with Gasteiger partial charge in [0.1, 0.15) is 0 Å². The van der Waals surface area contributed by atoms with Crippen LogP contribution < -0.4 is 5.32 Å². The number of nitrogens with one attached hydrogen (secondary N) is 1. The lowest BCUT2D eigenvalue weighted by Crippen LogP contribution is -2.25. The second-order valence-corrected chi connectivity index (χ2v) is 4.59. The fraction of sp³-hybridized carbons (Fsp3) is 1.00. The third kappa shape index (κ3) is 2.17. The number of aliphatic hydroxyl groups excluding tert-OH is 1. The van der Waals surface area contributed by atoms with Gasteiger partial charge in [-0.05, 0) is 24.3 Å². The highest BCUT2D eigenvalue weighted by Crippen LogP contribution is 2.32. The molecule has 1 aliphatic heterocycles. The van der Waals surface area contributed by atoms with Crippen LogP contribution in [0.2, 0.25) is 0 Å². The molecular formula is C9H19NO. The Kier molecular flexibility index (Phi) is 2.55. The van der Waals surface area contributed by atoms with Crippen molar-refractivity contribution in [3.63, 3.8) is 0 Å². The van der Waals surface area contributed by atoms with Crippen LogP contribution in [0.1, 0.15) is 27.2 Å². The highest BCUT2D eigenvalue weighted by atomic mass is 16.3. The zero-order chi connectivity index (χ0) is 8.48. The van der Waals surface area contributed by atoms with Gasteiger partial charge < -0.3 is 10.4 Å². The van der Waals surface area contributed by atoms with Gasteiger partial charge in [0.05, 0.1) is 6.61 Å². The molecule has 1 saturated heterocycles. The molecule has 0 aromatic carbocycles. The average Bonchev–Trinajstić information content (AvgIpc) is 2.32. The largest absolute Gasteiger partial charge is 0.395 e. The minimum Gasteiger partial charge on any atom is -0.395 e. The van der Waals surface area contributed by atoms with Crippen molar-refractivity contribution in [3.05, 3.63) is 0 Å². The van der Waals surface area contributed by atoms with Crippen LogP contribution in [0.15, 0.2) is 0 Å². The van der Waals surface area contributed by atoms with Gasteiger partial charge in [-0.2, -0.15) is 0 Å². The molecule has 0 aromatic heterocycles. The number of hydrogen-bond donors (Lipinski definition) is 2. The smallest absolute Gasteiger partial charge is 0.0584 e. The Morgan fingerprint density at radius 2 is 2.09 bits per heavy atom. The van der Waals surface area contributed by atoms with E-state index in [-0.39, 0.29) is 6.61 Å². The summed E-state index contributed by atoms with van der Waals surface area (Å²) in [7, 11) is 0. The first-order valence-corrected chi connectivity index (χ1v) is 4.38. The summed E-state index contributed by atoms with van der Waals surface area (Å²) in [5, 5.41) is 12.2. The van der Waals surface area contributed by atoms with E-state index in [1.807, 2.05) is 0 Å². The van der Waals surface area contributed by atoms with Crippen LogP contribution in [0.5, 0.6) is 0 Å². The second-order valence-electron chi connectivity index (χ2n) is 4.59. The van der Waals surface area contributed by atoms with Crippen molar-refractivity contribution < 1.29 is 5.11 Å². The number of aliphatic hydroxyl groups is 1. The molecular weight excluding hydrogens is 138 g/mol. The first kappa shape index (κ1) is 9.01. The molecule has 0 spiro atoms. The zero-order valence-corrected chi connectivity index (χ0v) is 7.72. The summed E-state index contributed by atoms with van der Waals surface area (Å²) in [5.74, 6) is 0.722. The average molecular weight is 157 g/mol. The second kappa shape index (κ2) is 3.11. The Labute approximate surface area is 69.0 Å². The minimum absolute atomic E-state index is 0.284. The Balaban J connectivity index is 2.42. The van der Waals surface area contributed by atoms with E-state index in [4.69, 9.17) is 5.11 Å². The lowest BCUT2D eigenvalue weighted by Gasteiger charge is -2.25. The maximum atomic E-state index is 8.89. The van der Waals surface area contributed by atoms with Crippen molar-refractivity contribution >= 4 is 0 Å². The Morgan fingerprint density at radius 1 is 1.45 bits per heavy atom. The highest BCUT2D eigenvalue weighted by Gasteiger charge is 2.31. The summed E-state index contributed by atoms with van der Waals surface area (Å²) in [6.07, 6.45) is 1.12. The van der Waals surface area contributed by atoms with Gasteiger partial charge in [0.2, 0.25) is 0 Å². The van der Waals surface area contributed by atoms with Crippen molar-refractivity contribution in [2.75, 3.05) is 13.2 Å². The van der Waals surface area contributed by atoms with Crippen LogP contribution in [0.3, 0.4) is 0 Å². The molecule has 0 amide bonds. The molecule has 66 valence electrons. The molecule has 2 atom stereocenters. The normalized spacial score (nSPS) is 32.7. The van der Waals surface area contributed by atoms with Gasteiger partial charge >= 0.3 is 0 Å². The SMILES string of the molecule is CC(C)(C)[C@H]1CN[C@H](CO)C1. The molecule has 1 aliphatic rings. The molecule has 2 N–H and O–H groups in total. The predicted molar refractivity (Wildman–Crippen MR) is 46.4 cm³/mol. The Morgan fingerprint density at radius 3 is 2.36 bits per heavy atom. The van der Waals surface area contributed by atoms with Gasteiger partial charge in [0, 0.05) is 6.04 Å². The fourth-order valence-corrected chi connectivity index (χ4v) is 1.62. The van der Waals surface area contributed by atoms with Crippen LogP contribution in [-0.2, 0) is 0 Å². The summed E-state index contributed by atoms with van der Waals surface area (Å²) in [5.41, 5.74) is 0.386. The number of rotatable bonds is 1. The van der Waals surface area contributed by atoms with Gasteiger partial charge in [-0.3, -0.25) is 0 Å². The standard InChI is InChI=1S/C9H19NO/c1-9(2,3)7-4-8(6-11)10-5-7/h7-8,10-11H,4-6H2,1-3H3/t7-,8+/m1/s1. The van der Waals surface area contributed by atoms with Crippen LogP contribution in [0.4, 0.5) is 0 Å². The molecule has 11 heavy (non-hydrogen) atoms. The summed E-state index contributed by atoms with van der Waals surface area (Å²) < 4.78 is 0. The molecule has 1 heterocycles. The van der Waals surface area contributed by atoms with Crippen LogP contribution >= 0.6 is 0 Å². The molecule has 0 aliphatic carbocycles. The van der Waals surface area contributed by atoms with E-state index in [1.54, 1.807) is 0 Å². The van der Waals surface area contributed by atoms with Gasteiger partial charge in [-0.25, -0.2) is 0 Å². The summed E-state index contributed by atoms with van der Waals surface area (Å²) in [6.45, 7) is 8.14. The predicted octanol–water partition coefficient (Wildman–Crippen LogP) is 1.00. The monoisotopic (exact) mass is 157 g/mol. The van der Waals surface area contributed by atoms with E-state index >= 15 is 0 Å². The lowest BCUT2D eigenvalue weighted by atomic mass is 9.79. The first-order valence-electron chi connectivity index (χ1n) is 4.38. The van der Waals surface area contributed by atoms with E-state index in [0.717, 1.165) is 18.9 Å². The van der Waals surface area contributed by atoms with Gasteiger partial charge in [-0.15, -0.1) is 0 Å². The Bertz CT molecular complexity index is 128. The molecule has 0 saturated carbocycles. The van der Waals surface area contributed by atoms with E-state index in [0.29, 0.717) is 11.5 Å². The maximum absolute atomic E-state index is 8.89. The van der Waals surface area contributed by atoms with Crippen molar-refractivity contribution in [1.82, 2.24) is 5.32 Å². The summed E-state index contributed by atoms with van der Waals surface area (Å²) >= 11 is 0. The summed E-state index contributed by atoms with van der Waals surface area (Å²) in [4.78, 5) is 0. The molecule has 2 heteroatoms. The van der Waals surface area contributed by atoms with Crippen molar-refractivity contribution in [3.8, 4) is 0 Å². The van der Waals surface area contributed by atoms with Gasteiger partial charge in [0.15, 0.2) is 0 Å². The van der Waals surface area contributed by atoms with Crippen LogP contribution in [-0.4, -0.2) is 24.3 Å². The molecule has 0 radical (unpaired) electrons. The third-order valence-corrected chi connectivity index (χ3v) is 2.67. The van der Waals surface area contributed by atoms with E-state index in [1.165, 1.54) is 0 Å². The fourth-order valence-electron chi connectivity index (χ4n) is 1.62. The van der Waals surface area contributed by atoms with Crippen molar-refractivity contribution in [1.29, 1.82) is 0 Å². The minimum atomic E-state index is 0.284. The van der Waals surface area contributed by atoms with E-state index in [9.17, 15) is 0 Å². The quantitative estimate of drug-likeness (QED) is 0.595. The number of hydrogen-bond acceptors (Lipinski definition) is 2. The Hall–Kier alpha value is -0.0800. The first-order chi connectivity index (χ1) is 5.04. The highest BCUT2D eigenvalue weighted by molar-refractivity contribution is 4.87. The maximum Gasteiger partial charge on any atom is 0.0584 e. The molecule has 1 rings (SSSR count). The van der Waals surface area contributed by atoms with E-state index < -0.39 is 0 Å². The molecule has 0 bridgehead atoms. The molecule has 1 fully saturated rings. The van der Waals surface area contributed by atoms with Gasteiger partial charge in [-0.1, -0.05) is 20.8 Å². The van der Waals surface area contributed by atoms with Crippen molar-refractivity contribution in [2.45, 2.75) is 33.2 Å². The van der Waals surface area contributed by atoms with E-state index in [2.05, 4.69) is 26.1 Å². The summed E-state index contributed by atoms with van der Waals surface area (Å²) in [6, 6.07) is 0.347. The molecule has 2 nitrogen and oxygen atoms in total. The zero-order valence-electron chi connectivity index (χ0n) is 7.72. The van der Waals surface area contributed by atoms with Crippen LogP contribution in [0.25, 0.3) is 0 Å². The lowest BCUT2D eigenvalue weighted by molar-refractivity contribution is 0.229. The van der Waals surface area contributed by atoms with Gasteiger partial charge in [0.25, 0.3) is 0 Å².